The quantitative estimate of drug-likeness (QED) is 0.540. The van der Waals surface area contributed by atoms with Gasteiger partial charge in [0.1, 0.15) is 24.2 Å². The van der Waals surface area contributed by atoms with E-state index in [1.54, 1.807) is 12.1 Å². The standard InChI is InChI=1S/C22H27ClF2O3/c1-15(12-23)13-27-18-8-4-16(5-9-18)22(2,3)17-6-10-19(11-7-17)28-14-20(26)21(24)25/h4-11,15,20-21,26H,12-14H2,1-3H3. The Labute approximate surface area is 170 Å². The van der Waals surface area contributed by atoms with Gasteiger partial charge >= 0.3 is 0 Å². The fraction of sp³-hybridized carbons (Fsp3) is 0.455. The lowest BCUT2D eigenvalue weighted by molar-refractivity contribution is -0.0283. The summed E-state index contributed by atoms with van der Waals surface area (Å²) in [4.78, 5) is 0. The Morgan fingerprint density at radius 3 is 1.71 bits per heavy atom. The van der Waals surface area contributed by atoms with Crippen LogP contribution in [-0.2, 0) is 5.41 Å². The third-order valence-electron chi connectivity index (χ3n) is 4.66. The van der Waals surface area contributed by atoms with E-state index < -0.39 is 19.1 Å². The van der Waals surface area contributed by atoms with Crippen molar-refractivity contribution >= 4 is 11.6 Å². The van der Waals surface area contributed by atoms with Crippen molar-refractivity contribution in [3.63, 3.8) is 0 Å². The van der Waals surface area contributed by atoms with E-state index in [9.17, 15) is 8.78 Å². The van der Waals surface area contributed by atoms with Crippen LogP contribution in [0.5, 0.6) is 11.5 Å². The highest BCUT2D eigenvalue weighted by molar-refractivity contribution is 6.18. The molecule has 28 heavy (non-hydrogen) atoms. The van der Waals surface area contributed by atoms with Crippen LogP contribution in [0.3, 0.4) is 0 Å². The highest BCUT2D eigenvalue weighted by Crippen LogP contribution is 2.33. The van der Waals surface area contributed by atoms with Crippen molar-refractivity contribution in [2.24, 2.45) is 5.92 Å². The zero-order chi connectivity index (χ0) is 20.7. The van der Waals surface area contributed by atoms with Crippen molar-refractivity contribution in [3.05, 3.63) is 59.7 Å². The van der Waals surface area contributed by atoms with Gasteiger partial charge in [-0.3, -0.25) is 0 Å². The van der Waals surface area contributed by atoms with Gasteiger partial charge in [-0.05, 0) is 35.4 Å². The minimum absolute atomic E-state index is 0.261. The third kappa shape index (κ3) is 6.08. The number of hydrogen-bond donors (Lipinski definition) is 1. The van der Waals surface area contributed by atoms with Crippen molar-refractivity contribution in [2.45, 2.75) is 38.7 Å². The van der Waals surface area contributed by atoms with Gasteiger partial charge in [-0.25, -0.2) is 8.78 Å². The average Bonchev–Trinajstić information content (AvgIpc) is 2.70. The van der Waals surface area contributed by atoms with Crippen molar-refractivity contribution < 1.29 is 23.4 Å². The lowest BCUT2D eigenvalue weighted by Crippen LogP contribution is -2.25. The van der Waals surface area contributed by atoms with E-state index in [1.165, 1.54) is 0 Å². The molecule has 2 atom stereocenters. The molecule has 2 aromatic rings. The maximum Gasteiger partial charge on any atom is 0.267 e. The fourth-order valence-electron chi connectivity index (χ4n) is 2.64. The van der Waals surface area contributed by atoms with Gasteiger partial charge in [0.2, 0.25) is 0 Å². The maximum absolute atomic E-state index is 12.3. The molecule has 0 saturated heterocycles. The summed E-state index contributed by atoms with van der Waals surface area (Å²) < 4.78 is 35.6. The molecular weight excluding hydrogens is 386 g/mol. The Bertz CT molecular complexity index is 718. The van der Waals surface area contributed by atoms with Crippen molar-refractivity contribution in [1.82, 2.24) is 0 Å². The van der Waals surface area contributed by atoms with Crippen LogP contribution in [0.1, 0.15) is 31.9 Å². The average molecular weight is 413 g/mol. The molecule has 1 N–H and O–H groups in total. The molecule has 0 aliphatic rings. The third-order valence-corrected chi connectivity index (χ3v) is 5.19. The molecule has 6 heteroatoms. The zero-order valence-electron chi connectivity index (χ0n) is 16.4. The Balaban J connectivity index is 2.03. The van der Waals surface area contributed by atoms with Crippen LogP contribution >= 0.6 is 11.6 Å². The first-order chi connectivity index (χ1) is 13.2. The first kappa shape index (κ1) is 22.4. The summed E-state index contributed by atoms with van der Waals surface area (Å²) in [5.74, 6) is 2.10. The van der Waals surface area contributed by atoms with Crippen LogP contribution in [0.25, 0.3) is 0 Å². The lowest BCUT2D eigenvalue weighted by atomic mass is 9.78. The largest absolute Gasteiger partial charge is 0.493 e. The summed E-state index contributed by atoms with van der Waals surface area (Å²) in [6, 6.07) is 15.2. The summed E-state index contributed by atoms with van der Waals surface area (Å²) in [5, 5.41) is 9.13. The summed E-state index contributed by atoms with van der Waals surface area (Å²) in [6.45, 7) is 6.38. The van der Waals surface area contributed by atoms with Gasteiger partial charge in [0.05, 0.1) is 6.61 Å². The highest BCUT2D eigenvalue weighted by atomic mass is 35.5. The molecule has 0 heterocycles. The second kappa shape index (κ2) is 10.1. The molecule has 0 bridgehead atoms. The summed E-state index contributed by atoms with van der Waals surface area (Å²) in [7, 11) is 0. The smallest absolute Gasteiger partial charge is 0.267 e. The van der Waals surface area contributed by atoms with Crippen LogP contribution in [0, 0.1) is 5.92 Å². The van der Waals surface area contributed by atoms with E-state index >= 15 is 0 Å². The molecule has 0 aliphatic carbocycles. The van der Waals surface area contributed by atoms with E-state index in [-0.39, 0.29) is 5.41 Å². The normalized spacial score (nSPS) is 14.0. The highest BCUT2D eigenvalue weighted by Gasteiger charge is 2.23. The number of aliphatic hydroxyl groups excluding tert-OH is 1. The molecule has 0 spiro atoms. The molecule has 154 valence electrons. The molecule has 0 saturated carbocycles. The number of benzene rings is 2. The second-order valence-corrected chi connectivity index (χ2v) is 7.77. The Hall–Kier alpha value is -1.85. The Morgan fingerprint density at radius 1 is 0.893 bits per heavy atom. The first-order valence-corrected chi connectivity index (χ1v) is 9.76. The molecule has 2 rings (SSSR count). The zero-order valence-corrected chi connectivity index (χ0v) is 17.1. The van der Waals surface area contributed by atoms with Crippen molar-refractivity contribution in [2.75, 3.05) is 19.1 Å². The van der Waals surface area contributed by atoms with Crippen molar-refractivity contribution in [3.8, 4) is 11.5 Å². The van der Waals surface area contributed by atoms with Gasteiger partial charge in [0.25, 0.3) is 6.43 Å². The minimum Gasteiger partial charge on any atom is -0.493 e. The van der Waals surface area contributed by atoms with E-state index in [2.05, 4.69) is 13.8 Å². The second-order valence-electron chi connectivity index (χ2n) is 7.46. The number of rotatable bonds is 10. The van der Waals surface area contributed by atoms with Crippen LogP contribution < -0.4 is 9.47 Å². The number of hydrogen-bond acceptors (Lipinski definition) is 3. The molecule has 2 aromatic carbocycles. The van der Waals surface area contributed by atoms with Crippen LogP contribution in [0.2, 0.25) is 0 Å². The van der Waals surface area contributed by atoms with Gasteiger partial charge in [-0.2, -0.15) is 0 Å². The minimum atomic E-state index is -2.82. The van der Waals surface area contributed by atoms with E-state index in [1.807, 2.05) is 43.3 Å². The molecule has 0 aromatic heterocycles. The Morgan fingerprint density at radius 2 is 1.32 bits per heavy atom. The number of alkyl halides is 3. The van der Waals surface area contributed by atoms with E-state index in [0.29, 0.717) is 24.2 Å². The van der Waals surface area contributed by atoms with E-state index in [0.717, 1.165) is 16.9 Å². The summed E-state index contributed by atoms with van der Waals surface area (Å²) in [6.07, 6.45) is -4.60. The summed E-state index contributed by atoms with van der Waals surface area (Å²) in [5.41, 5.74) is 1.91. The van der Waals surface area contributed by atoms with E-state index in [4.69, 9.17) is 26.2 Å². The number of aliphatic hydroxyl groups is 1. The van der Waals surface area contributed by atoms with Gasteiger partial charge < -0.3 is 14.6 Å². The van der Waals surface area contributed by atoms with Gasteiger partial charge in [-0.15, -0.1) is 11.6 Å². The van der Waals surface area contributed by atoms with Crippen LogP contribution in [0.4, 0.5) is 8.78 Å². The first-order valence-electron chi connectivity index (χ1n) is 9.23. The van der Waals surface area contributed by atoms with Crippen LogP contribution in [-0.4, -0.2) is 36.7 Å². The lowest BCUT2D eigenvalue weighted by Gasteiger charge is -2.26. The molecule has 0 amide bonds. The SMILES string of the molecule is CC(CCl)COc1ccc(C(C)(C)c2ccc(OCC(O)C(F)F)cc2)cc1. The van der Waals surface area contributed by atoms with Crippen LogP contribution in [0.15, 0.2) is 48.5 Å². The van der Waals surface area contributed by atoms with Gasteiger partial charge in [0, 0.05) is 17.2 Å². The molecule has 2 unspecified atom stereocenters. The number of ether oxygens (including phenoxy) is 2. The molecule has 0 fully saturated rings. The molecule has 0 radical (unpaired) electrons. The topological polar surface area (TPSA) is 38.7 Å². The summed E-state index contributed by atoms with van der Waals surface area (Å²) >= 11 is 5.80. The fourth-order valence-corrected chi connectivity index (χ4v) is 2.73. The van der Waals surface area contributed by atoms with Crippen molar-refractivity contribution in [1.29, 1.82) is 0 Å². The molecular formula is C22H27ClF2O3. The number of halogens is 3. The van der Waals surface area contributed by atoms with Gasteiger partial charge in [-0.1, -0.05) is 45.0 Å². The molecule has 3 nitrogen and oxygen atoms in total. The Kier molecular flexibility index (Phi) is 8.08. The molecule has 0 aliphatic heterocycles. The predicted octanol–water partition coefficient (Wildman–Crippen LogP) is 5.27. The van der Waals surface area contributed by atoms with Gasteiger partial charge in [0.15, 0.2) is 0 Å². The predicted molar refractivity (Wildman–Crippen MR) is 108 cm³/mol. The maximum atomic E-state index is 12.3. The monoisotopic (exact) mass is 412 g/mol.